The number of hydrogen-bond donors (Lipinski definition) is 2. The Labute approximate surface area is 99.6 Å². The summed E-state index contributed by atoms with van der Waals surface area (Å²) in [5, 5.41) is 5.57. The molecule has 1 aromatic heterocycles. The number of aromatic nitrogens is 2. The molecule has 0 unspecified atom stereocenters. The quantitative estimate of drug-likeness (QED) is 0.741. The first kappa shape index (κ1) is 13.7. The van der Waals surface area contributed by atoms with E-state index >= 15 is 0 Å². The minimum absolute atomic E-state index is 0.0972. The smallest absolute Gasteiger partial charge is 0.342 e. The molecule has 1 aromatic rings. The maximum absolute atomic E-state index is 11.8. The summed E-state index contributed by atoms with van der Waals surface area (Å²) in [5.41, 5.74) is -0.0972. The predicted octanol–water partition coefficient (Wildman–Crippen LogP) is 0.273. The van der Waals surface area contributed by atoms with E-state index in [0.29, 0.717) is 0 Å². The summed E-state index contributed by atoms with van der Waals surface area (Å²) in [4.78, 5) is 11.5. The summed E-state index contributed by atoms with van der Waals surface area (Å²) in [5.74, 6) is -0.717. The van der Waals surface area contributed by atoms with Gasteiger partial charge in [0.05, 0.1) is 12.8 Å². The summed E-state index contributed by atoms with van der Waals surface area (Å²) >= 11 is 0. The van der Waals surface area contributed by atoms with E-state index in [1.807, 2.05) is 0 Å². The molecule has 0 fully saturated rings. The Morgan fingerprint density at radius 1 is 1.59 bits per heavy atom. The van der Waals surface area contributed by atoms with E-state index in [2.05, 4.69) is 14.9 Å². The zero-order valence-electron chi connectivity index (χ0n) is 9.85. The third kappa shape index (κ3) is 3.27. The van der Waals surface area contributed by atoms with Gasteiger partial charge in [0.25, 0.3) is 10.0 Å². The predicted molar refractivity (Wildman–Crippen MR) is 60.0 cm³/mol. The van der Waals surface area contributed by atoms with Crippen molar-refractivity contribution in [3.05, 3.63) is 11.8 Å². The normalized spacial score (nSPS) is 11.8. The number of sulfonamides is 1. The minimum atomic E-state index is -3.78. The van der Waals surface area contributed by atoms with E-state index in [9.17, 15) is 13.2 Å². The first-order valence-corrected chi connectivity index (χ1v) is 6.59. The van der Waals surface area contributed by atoms with Gasteiger partial charge in [-0.05, 0) is 20.8 Å². The number of esters is 1. The molecule has 0 bridgehead atoms. The molecular formula is C9H15N3O4S. The van der Waals surface area contributed by atoms with Crippen molar-refractivity contribution in [2.75, 3.05) is 6.61 Å². The first-order valence-electron chi connectivity index (χ1n) is 5.11. The highest BCUT2D eigenvalue weighted by Gasteiger charge is 2.26. The Morgan fingerprint density at radius 2 is 2.24 bits per heavy atom. The number of H-pyrrole nitrogens is 1. The van der Waals surface area contributed by atoms with Crippen molar-refractivity contribution < 1.29 is 17.9 Å². The average Bonchev–Trinajstić information content (AvgIpc) is 2.64. The standard InChI is InChI=1S/C9H15N3O4S/c1-4-16-9(13)7-5-10-11-8(7)17(14,15)12-6(2)3/h5-6,12H,4H2,1-3H3,(H,10,11). The molecule has 96 valence electrons. The Hall–Kier alpha value is -1.41. The highest BCUT2D eigenvalue weighted by Crippen LogP contribution is 2.13. The van der Waals surface area contributed by atoms with E-state index in [-0.39, 0.29) is 23.2 Å². The molecule has 0 aliphatic rings. The van der Waals surface area contributed by atoms with Crippen LogP contribution in [-0.4, -0.2) is 37.2 Å². The summed E-state index contributed by atoms with van der Waals surface area (Å²) < 4.78 is 30.8. The van der Waals surface area contributed by atoms with E-state index in [1.54, 1.807) is 20.8 Å². The molecule has 7 nitrogen and oxygen atoms in total. The van der Waals surface area contributed by atoms with Gasteiger partial charge < -0.3 is 4.74 Å². The zero-order valence-corrected chi connectivity index (χ0v) is 10.7. The highest BCUT2D eigenvalue weighted by molar-refractivity contribution is 7.89. The Morgan fingerprint density at radius 3 is 2.76 bits per heavy atom. The number of carbonyl (C=O) groups excluding carboxylic acids is 1. The molecule has 0 aliphatic carbocycles. The van der Waals surface area contributed by atoms with Crippen LogP contribution in [-0.2, 0) is 14.8 Å². The Balaban J connectivity index is 3.08. The van der Waals surface area contributed by atoms with Gasteiger partial charge >= 0.3 is 5.97 Å². The van der Waals surface area contributed by atoms with Gasteiger partial charge in [0.2, 0.25) is 0 Å². The SMILES string of the molecule is CCOC(=O)c1cn[nH]c1S(=O)(=O)NC(C)C. The Kier molecular flexibility index (Phi) is 4.24. The van der Waals surface area contributed by atoms with Crippen LogP contribution in [0.15, 0.2) is 11.2 Å². The van der Waals surface area contributed by atoms with Crippen molar-refractivity contribution >= 4 is 16.0 Å². The minimum Gasteiger partial charge on any atom is -0.462 e. The van der Waals surface area contributed by atoms with Gasteiger partial charge in [0, 0.05) is 6.04 Å². The van der Waals surface area contributed by atoms with Crippen LogP contribution in [0.3, 0.4) is 0 Å². The lowest BCUT2D eigenvalue weighted by molar-refractivity contribution is 0.0522. The van der Waals surface area contributed by atoms with Crippen LogP contribution in [0.2, 0.25) is 0 Å². The van der Waals surface area contributed by atoms with Crippen LogP contribution < -0.4 is 4.72 Å². The molecule has 1 heterocycles. The number of hydrogen-bond acceptors (Lipinski definition) is 5. The van der Waals surface area contributed by atoms with E-state index in [4.69, 9.17) is 4.74 Å². The number of carbonyl (C=O) groups is 1. The van der Waals surface area contributed by atoms with E-state index in [1.165, 1.54) is 0 Å². The number of nitrogens with zero attached hydrogens (tertiary/aromatic N) is 1. The largest absolute Gasteiger partial charge is 0.462 e. The maximum Gasteiger partial charge on any atom is 0.342 e. The molecule has 0 aromatic carbocycles. The molecule has 0 atom stereocenters. The molecule has 0 spiro atoms. The van der Waals surface area contributed by atoms with E-state index in [0.717, 1.165) is 6.20 Å². The van der Waals surface area contributed by atoms with Gasteiger partial charge in [-0.15, -0.1) is 0 Å². The third-order valence-electron chi connectivity index (χ3n) is 1.76. The van der Waals surface area contributed by atoms with Gasteiger partial charge in [-0.25, -0.2) is 17.9 Å². The molecule has 0 aliphatic heterocycles. The lowest BCUT2D eigenvalue weighted by Gasteiger charge is -2.08. The molecule has 1 rings (SSSR count). The fourth-order valence-electron chi connectivity index (χ4n) is 1.20. The van der Waals surface area contributed by atoms with Crippen molar-refractivity contribution in [2.45, 2.75) is 31.8 Å². The van der Waals surface area contributed by atoms with Gasteiger partial charge in [-0.2, -0.15) is 5.10 Å². The summed E-state index contributed by atoms with van der Waals surface area (Å²) in [6, 6.07) is -0.279. The van der Waals surface area contributed by atoms with Crippen LogP contribution in [0.1, 0.15) is 31.1 Å². The maximum atomic E-state index is 11.8. The summed E-state index contributed by atoms with van der Waals surface area (Å²) in [6.45, 7) is 5.16. The molecule has 2 N–H and O–H groups in total. The van der Waals surface area contributed by atoms with Crippen molar-refractivity contribution in [1.82, 2.24) is 14.9 Å². The fourth-order valence-corrected chi connectivity index (χ4v) is 2.54. The number of nitrogens with one attached hydrogen (secondary N) is 2. The summed E-state index contributed by atoms with van der Waals surface area (Å²) in [7, 11) is -3.78. The van der Waals surface area contributed by atoms with Crippen molar-refractivity contribution in [1.29, 1.82) is 0 Å². The number of aromatic amines is 1. The molecule has 0 radical (unpaired) electrons. The van der Waals surface area contributed by atoms with E-state index < -0.39 is 16.0 Å². The lowest BCUT2D eigenvalue weighted by atomic mass is 10.4. The van der Waals surface area contributed by atoms with Gasteiger partial charge in [-0.3, -0.25) is 5.10 Å². The Bertz CT molecular complexity index is 492. The number of rotatable bonds is 5. The average molecular weight is 261 g/mol. The second-order valence-corrected chi connectivity index (χ2v) is 5.26. The van der Waals surface area contributed by atoms with Crippen molar-refractivity contribution in [3.8, 4) is 0 Å². The topological polar surface area (TPSA) is 101 Å². The van der Waals surface area contributed by atoms with Crippen LogP contribution in [0.25, 0.3) is 0 Å². The van der Waals surface area contributed by atoms with Gasteiger partial charge in [0.1, 0.15) is 5.56 Å². The summed E-state index contributed by atoms with van der Waals surface area (Å²) in [6.07, 6.45) is 1.13. The second kappa shape index (κ2) is 5.28. The third-order valence-corrected chi connectivity index (χ3v) is 3.39. The molecule has 0 amide bonds. The molecular weight excluding hydrogens is 246 g/mol. The van der Waals surface area contributed by atoms with Crippen molar-refractivity contribution in [2.24, 2.45) is 0 Å². The van der Waals surface area contributed by atoms with Gasteiger partial charge in [-0.1, -0.05) is 0 Å². The van der Waals surface area contributed by atoms with Crippen LogP contribution in [0, 0.1) is 0 Å². The molecule has 0 saturated carbocycles. The molecule has 17 heavy (non-hydrogen) atoms. The van der Waals surface area contributed by atoms with Gasteiger partial charge in [0.15, 0.2) is 5.03 Å². The number of ether oxygens (including phenoxy) is 1. The first-order chi connectivity index (χ1) is 7.88. The monoisotopic (exact) mass is 261 g/mol. The fraction of sp³-hybridized carbons (Fsp3) is 0.556. The van der Waals surface area contributed by atoms with Crippen LogP contribution in [0.5, 0.6) is 0 Å². The van der Waals surface area contributed by atoms with Crippen molar-refractivity contribution in [3.63, 3.8) is 0 Å². The lowest BCUT2D eigenvalue weighted by Crippen LogP contribution is -2.31. The van der Waals surface area contributed by atoms with Crippen LogP contribution >= 0.6 is 0 Å². The molecule has 8 heteroatoms. The zero-order chi connectivity index (χ0) is 13.1. The van der Waals surface area contributed by atoms with Crippen LogP contribution in [0.4, 0.5) is 0 Å². The highest BCUT2D eigenvalue weighted by atomic mass is 32.2. The molecule has 0 saturated heterocycles. The second-order valence-electron chi connectivity index (χ2n) is 3.61.